The molecule has 0 bridgehead atoms. The van der Waals surface area contributed by atoms with E-state index in [0.29, 0.717) is 21.9 Å². The molecule has 1 amide bonds. The summed E-state index contributed by atoms with van der Waals surface area (Å²) in [5.74, 6) is 1.31. The number of amides is 1. The molecule has 2 aromatic rings. The Balaban J connectivity index is 1.44. The van der Waals surface area contributed by atoms with Crippen LogP contribution in [0.5, 0.6) is 16.7 Å². The van der Waals surface area contributed by atoms with Gasteiger partial charge in [-0.25, -0.2) is 4.98 Å². The number of benzene rings is 1. The Morgan fingerprint density at radius 3 is 2.74 bits per heavy atom. The summed E-state index contributed by atoms with van der Waals surface area (Å²) in [6, 6.07) is 5.15. The molecule has 1 aliphatic carbocycles. The number of hydrogen-bond donors (Lipinski definition) is 1. The van der Waals surface area contributed by atoms with Crippen LogP contribution < -0.4 is 14.8 Å². The Kier molecular flexibility index (Phi) is 8.97. The first-order chi connectivity index (χ1) is 16.1. The van der Waals surface area contributed by atoms with Crippen LogP contribution in [-0.4, -0.2) is 35.1 Å². The number of esters is 1. The standard InChI is InChI=1S/C25H31ClN2O5S/c1-16(28-22(29)11-12-23(30)33-25(2,3)4)5-9-19-14-27-24(34-19)32-21-10-8-18(13-20(21)26)31-15-17-6-7-17/h5,8-10,13-14,16-17H,6-7,11-12,15H2,1-4H3,(H,28,29)/b9-5+/t16-/m0/s1. The molecule has 1 aliphatic rings. The van der Waals surface area contributed by atoms with Crippen molar-refractivity contribution in [3.05, 3.63) is 40.4 Å². The summed E-state index contributed by atoms with van der Waals surface area (Å²) >= 11 is 7.69. The summed E-state index contributed by atoms with van der Waals surface area (Å²) in [5, 5.41) is 3.76. The molecule has 1 aromatic carbocycles. The van der Waals surface area contributed by atoms with Crippen molar-refractivity contribution in [1.82, 2.24) is 10.3 Å². The number of aromatic nitrogens is 1. The van der Waals surface area contributed by atoms with Crippen LogP contribution in [0.1, 0.15) is 58.3 Å². The summed E-state index contributed by atoms with van der Waals surface area (Å²) in [6.45, 7) is 7.96. The van der Waals surface area contributed by atoms with E-state index in [4.69, 9.17) is 25.8 Å². The Morgan fingerprint density at radius 1 is 1.29 bits per heavy atom. The maximum absolute atomic E-state index is 12.1. The van der Waals surface area contributed by atoms with Gasteiger partial charge in [-0.05, 0) is 64.7 Å². The lowest BCUT2D eigenvalue weighted by Gasteiger charge is -2.19. The normalized spacial score (nSPS) is 14.6. The van der Waals surface area contributed by atoms with Crippen molar-refractivity contribution in [2.75, 3.05) is 6.61 Å². The lowest BCUT2D eigenvalue weighted by Crippen LogP contribution is -2.32. The molecule has 7 nitrogen and oxygen atoms in total. The number of ether oxygens (including phenoxy) is 3. The Bertz CT molecular complexity index is 1030. The SMILES string of the molecule is C[C@@H](/C=C/c1cnc(Oc2ccc(OCC3CC3)cc2Cl)s1)NC(=O)CCC(=O)OC(C)(C)C. The van der Waals surface area contributed by atoms with E-state index in [2.05, 4.69) is 10.3 Å². The zero-order chi connectivity index (χ0) is 24.7. The summed E-state index contributed by atoms with van der Waals surface area (Å²) in [5.41, 5.74) is -0.556. The van der Waals surface area contributed by atoms with Crippen LogP contribution >= 0.6 is 22.9 Å². The van der Waals surface area contributed by atoms with Gasteiger partial charge in [-0.1, -0.05) is 29.0 Å². The van der Waals surface area contributed by atoms with Crippen LogP contribution in [0.25, 0.3) is 6.08 Å². The Morgan fingerprint density at radius 2 is 2.06 bits per heavy atom. The van der Waals surface area contributed by atoms with Gasteiger partial charge in [0.1, 0.15) is 17.1 Å². The predicted octanol–water partition coefficient (Wildman–Crippen LogP) is 6.02. The quantitative estimate of drug-likeness (QED) is 0.375. The Hall–Kier alpha value is -2.58. The van der Waals surface area contributed by atoms with E-state index in [1.54, 1.807) is 39.1 Å². The van der Waals surface area contributed by atoms with Crippen molar-refractivity contribution in [3.8, 4) is 16.7 Å². The largest absolute Gasteiger partial charge is 0.493 e. The van der Waals surface area contributed by atoms with Crippen LogP contribution in [0.4, 0.5) is 0 Å². The zero-order valence-corrected chi connectivity index (χ0v) is 21.5. The highest BCUT2D eigenvalue weighted by Gasteiger charge is 2.22. The lowest BCUT2D eigenvalue weighted by atomic mass is 10.2. The van der Waals surface area contributed by atoms with E-state index >= 15 is 0 Å². The lowest BCUT2D eigenvalue weighted by molar-refractivity contribution is -0.155. The first kappa shape index (κ1) is 26.0. The summed E-state index contributed by atoms with van der Waals surface area (Å²) in [6.07, 6.45) is 7.99. The van der Waals surface area contributed by atoms with Gasteiger partial charge in [0.2, 0.25) is 5.91 Å². The molecule has 184 valence electrons. The fourth-order valence-electron chi connectivity index (χ4n) is 2.86. The first-order valence-corrected chi connectivity index (χ1v) is 12.5. The van der Waals surface area contributed by atoms with Gasteiger partial charge in [0.25, 0.3) is 5.19 Å². The van der Waals surface area contributed by atoms with Crippen molar-refractivity contribution in [2.45, 2.75) is 65.0 Å². The van der Waals surface area contributed by atoms with Crippen molar-refractivity contribution in [1.29, 1.82) is 0 Å². The number of carbonyl (C=O) groups excluding carboxylic acids is 2. The van der Waals surface area contributed by atoms with Crippen LogP contribution in [0.2, 0.25) is 5.02 Å². The molecule has 1 saturated carbocycles. The minimum atomic E-state index is -0.556. The number of rotatable bonds is 11. The maximum Gasteiger partial charge on any atom is 0.306 e. The molecule has 0 saturated heterocycles. The number of nitrogens with zero attached hydrogens (tertiary/aromatic N) is 1. The van der Waals surface area contributed by atoms with Gasteiger partial charge in [-0.15, -0.1) is 0 Å². The van der Waals surface area contributed by atoms with E-state index in [0.717, 1.165) is 17.2 Å². The molecule has 1 N–H and O–H groups in total. The van der Waals surface area contributed by atoms with Gasteiger partial charge in [-0.2, -0.15) is 0 Å². The monoisotopic (exact) mass is 506 g/mol. The first-order valence-electron chi connectivity index (χ1n) is 11.3. The molecular weight excluding hydrogens is 476 g/mol. The zero-order valence-electron chi connectivity index (χ0n) is 19.9. The maximum atomic E-state index is 12.1. The third-order valence-corrected chi connectivity index (χ3v) is 5.84. The van der Waals surface area contributed by atoms with Crippen molar-refractivity contribution in [3.63, 3.8) is 0 Å². The highest BCUT2D eigenvalue weighted by molar-refractivity contribution is 7.14. The van der Waals surface area contributed by atoms with Gasteiger partial charge in [-0.3, -0.25) is 9.59 Å². The van der Waals surface area contributed by atoms with Crippen molar-refractivity contribution >= 4 is 40.9 Å². The average molecular weight is 507 g/mol. The van der Waals surface area contributed by atoms with Crippen LogP contribution in [0.3, 0.4) is 0 Å². The van der Waals surface area contributed by atoms with E-state index in [1.807, 2.05) is 25.1 Å². The minimum Gasteiger partial charge on any atom is -0.493 e. The molecule has 0 spiro atoms. The van der Waals surface area contributed by atoms with Gasteiger partial charge in [0.05, 0.1) is 22.9 Å². The second kappa shape index (κ2) is 11.7. The second-order valence-electron chi connectivity index (χ2n) is 9.28. The smallest absolute Gasteiger partial charge is 0.306 e. The van der Waals surface area contributed by atoms with Crippen molar-refractivity contribution < 1.29 is 23.8 Å². The number of thiazole rings is 1. The summed E-state index contributed by atoms with van der Waals surface area (Å²) < 4.78 is 16.8. The molecular formula is C25H31ClN2O5S. The van der Waals surface area contributed by atoms with Crippen LogP contribution in [0.15, 0.2) is 30.5 Å². The molecule has 1 heterocycles. The Labute approximate surface area is 209 Å². The topological polar surface area (TPSA) is 86.8 Å². The molecule has 34 heavy (non-hydrogen) atoms. The molecule has 1 atom stereocenters. The molecule has 1 aromatic heterocycles. The van der Waals surface area contributed by atoms with Gasteiger partial charge in [0.15, 0.2) is 0 Å². The van der Waals surface area contributed by atoms with E-state index in [-0.39, 0.29) is 30.8 Å². The van der Waals surface area contributed by atoms with Gasteiger partial charge >= 0.3 is 5.97 Å². The summed E-state index contributed by atoms with van der Waals surface area (Å²) in [4.78, 5) is 29.0. The highest BCUT2D eigenvalue weighted by atomic mass is 35.5. The average Bonchev–Trinajstić information content (AvgIpc) is 3.47. The highest BCUT2D eigenvalue weighted by Crippen LogP contribution is 2.35. The number of hydrogen-bond acceptors (Lipinski definition) is 7. The van der Waals surface area contributed by atoms with Gasteiger partial charge in [0, 0.05) is 24.7 Å². The van der Waals surface area contributed by atoms with Crippen LogP contribution in [0, 0.1) is 5.92 Å². The van der Waals surface area contributed by atoms with Crippen molar-refractivity contribution in [2.24, 2.45) is 5.92 Å². The third kappa shape index (κ3) is 9.35. The predicted molar refractivity (Wildman–Crippen MR) is 134 cm³/mol. The fourth-order valence-corrected chi connectivity index (χ4v) is 3.76. The molecule has 3 rings (SSSR count). The molecule has 0 radical (unpaired) electrons. The number of halogens is 1. The number of nitrogens with one attached hydrogen (secondary N) is 1. The molecule has 1 fully saturated rings. The minimum absolute atomic E-state index is 0.0469. The second-order valence-corrected chi connectivity index (χ2v) is 10.7. The molecule has 9 heteroatoms. The van der Waals surface area contributed by atoms with E-state index in [1.165, 1.54) is 24.2 Å². The van der Waals surface area contributed by atoms with Gasteiger partial charge < -0.3 is 19.5 Å². The third-order valence-electron chi connectivity index (χ3n) is 4.70. The van der Waals surface area contributed by atoms with E-state index < -0.39 is 5.60 Å². The molecule has 0 unspecified atom stereocenters. The number of carbonyl (C=O) groups is 2. The molecule has 0 aliphatic heterocycles. The summed E-state index contributed by atoms with van der Waals surface area (Å²) in [7, 11) is 0. The van der Waals surface area contributed by atoms with E-state index in [9.17, 15) is 9.59 Å². The van der Waals surface area contributed by atoms with Crippen LogP contribution in [-0.2, 0) is 14.3 Å². The fraction of sp³-hybridized carbons (Fsp3) is 0.480.